The molecule has 0 aromatic carbocycles. The molecule has 1 unspecified atom stereocenters. The van der Waals surface area contributed by atoms with Crippen LogP contribution in [0.15, 0.2) is 58.1 Å². The number of allylic oxidation sites excluding steroid dienone is 8. The third-order valence-electron chi connectivity index (χ3n) is 4.11. The molecule has 2 rings (SSSR count). The summed E-state index contributed by atoms with van der Waals surface area (Å²) in [5.74, 6) is -1.93. The van der Waals surface area contributed by atoms with Gasteiger partial charge >= 0.3 is 12.1 Å². The van der Waals surface area contributed by atoms with E-state index < -0.39 is 27.6 Å². The first kappa shape index (κ1) is 19.2. The molecule has 0 aromatic rings. The van der Waals surface area contributed by atoms with Crippen LogP contribution >= 0.6 is 0 Å². The van der Waals surface area contributed by atoms with Crippen LogP contribution in [0.25, 0.3) is 0 Å². The van der Waals surface area contributed by atoms with Crippen molar-refractivity contribution in [1.29, 1.82) is 0 Å². The molecule has 1 atom stereocenters. The highest BCUT2D eigenvalue weighted by atomic mass is 32.2. The van der Waals surface area contributed by atoms with Gasteiger partial charge in [0.1, 0.15) is 0 Å². The maximum Gasteiger partial charge on any atom is 0.416 e. The summed E-state index contributed by atoms with van der Waals surface area (Å²) in [5.41, 5.74) is -0.363. The van der Waals surface area contributed by atoms with E-state index in [-0.39, 0.29) is 35.0 Å². The maximum atomic E-state index is 12.7. The molecule has 0 spiro atoms. The van der Waals surface area contributed by atoms with Gasteiger partial charge in [-0.1, -0.05) is 42.9 Å². The fourth-order valence-electron chi connectivity index (χ4n) is 2.66. The second-order valence-corrected chi connectivity index (χ2v) is 7.91. The molecule has 0 aliphatic heterocycles. The lowest BCUT2D eigenvalue weighted by Crippen LogP contribution is -2.14. The Labute approximate surface area is 143 Å². The molecule has 8 heteroatoms. The lowest BCUT2D eigenvalue weighted by Gasteiger charge is -2.19. The number of rotatable bonds is 4. The average Bonchev–Trinajstić information content (AvgIpc) is 2.77. The van der Waals surface area contributed by atoms with Crippen LogP contribution in [0.1, 0.15) is 19.8 Å². The van der Waals surface area contributed by atoms with Crippen LogP contribution in [0.5, 0.6) is 0 Å². The van der Waals surface area contributed by atoms with Crippen molar-refractivity contribution in [3.63, 3.8) is 0 Å². The summed E-state index contributed by atoms with van der Waals surface area (Å²) in [5, 5.41) is 9.27. The van der Waals surface area contributed by atoms with Crippen LogP contribution in [-0.2, 0) is 14.6 Å². The summed E-state index contributed by atoms with van der Waals surface area (Å²) >= 11 is 0. The van der Waals surface area contributed by atoms with Gasteiger partial charge in [-0.25, -0.2) is 13.2 Å². The van der Waals surface area contributed by atoms with Crippen molar-refractivity contribution in [1.82, 2.24) is 0 Å². The van der Waals surface area contributed by atoms with Gasteiger partial charge in [-0.3, -0.25) is 0 Å². The largest absolute Gasteiger partial charge is 0.478 e. The molecular formula is C17H17F3O4S. The van der Waals surface area contributed by atoms with Crippen LogP contribution in [0.3, 0.4) is 0 Å². The van der Waals surface area contributed by atoms with Gasteiger partial charge in [-0.05, 0) is 18.9 Å². The number of carbonyl (C=O) groups is 1. The third-order valence-corrected chi connectivity index (χ3v) is 5.89. The van der Waals surface area contributed by atoms with Gasteiger partial charge in [-0.2, -0.15) is 13.2 Å². The average molecular weight is 374 g/mol. The zero-order chi connectivity index (χ0) is 18.8. The number of hydrogen-bond donors (Lipinski definition) is 1. The van der Waals surface area contributed by atoms with E-state index in [0.29, 0.717) is 5.57 Å². The van der Waals surface area contributed by atoms with Crippen LogP contribution < -0.4 is 0 Å². The summed E-state index contributed by atoms with van der Waals surface area (Å²) < 4.78 is 62.2. The van der Waals surface area contributed by atoms with Crippen molar-refractivity contribution in [3.8, 4) is 0 Å². The molecule has 0 aromatic heterocycles. The van der Waals surface area contributed by atoms with Gasteiger partial charge in [-0.15, -0.1) is 0 Å². The van der Waals surface area contributed by atoms with E-state index in [2.05, 4.69) is 0 Å². The van der Waals surface area contributed by atoms with Crippen LogP contribution in [-0.4, -0.2) is 31.4 Å². The summed E-state index contributed by atoms with van der Waals surface area (Å²) in [6.07, 6.45) is 3.41. The Hall–Kier alpha value is -2.09. The predicted octanol–water partition coefficient (Wildman–Crippen LogP) is 3.71. The van der Waals surface area contributed by atoms with Crippen LogP contribution in [0, 0.1) is 5.92 Å². The molecule has 0 amide bonds. The highest BCUT2D eigenvalue weighted by Gasteiger charge is 2.33. The number of carboxylic acid groups (broad SMARTS) is 1. The number of carboxylic acids is 1. The topological polar surface area (TPSA) is 71.4 Å². The first-order valence-corrected chi connectivity index (χ1v) is 9.24. The second-order valence-electron chi connectivity index (χ2n) is 5.66. The Morgan fingerprint density at radius 3 is 2.44 bits per heavy atom. The molecule has 0 fully saturated rings. The Kier molecular flexibility index (Phi) is 5.41. The molecule has 0 radical (unpaired) electrons. The number of sulfone groups is 1. The number of alkyl halides is 3. The highest BCUT2D eigenvalue weighted by molar-refractivity contribution is 7.95. The summed E-state index contributed by atoms with van der Waals surface area (Å²) in [4.78, 5) is 11.1. The standard InChI is InChI=1S/C17H17F3O4S/c1-2-25(23,24)15-10-6-12(5-9-14(15)16(21)22)11-3-7-13(8-4-11)17(18,19)20/h3,6-11H,2,4-5H2,1H3,(H,21,22). The van der Waals surface area contributed by atoms with Gasteiger partial charge in [0.05, 0.1) is 21.8 Å². The molecule has 25 heavy (non-hydrogen) atoms. The molecule has 2 aliphatic rings. The Morgan fingerprint density at radius 2 is 1.96 bits per heavy atom. The van der Waals surface area contributed by atoms with Gasteiger partial charge in [0, 0.05) is 5.92 Å². The van der Waals surface area contributed by atoms with Gasteiger partial charge in [0.2, 0.25) is 0 Å². The minimum absolute atomic E-state index is 0.122. The fraction of sp³-hybridized carbons (Fsp3) is 0.353. The van der Waals surface area contributed by atoms with Gasteiger partial charge in [0.25, 0.3) is 0 Å². The van der Waals surface area contributed by atoms with E-state index in [9.17, 15) is 31.5 Å². The lowest BCUT2D eigenvalue weighted by molar-refractivity contribution is -0.132. The van der Waals surface area contributed by atoms with E-state index in [1.165, 1.54) is 31.2 Å². The third kappa shape index (κ3) is 4.31. The van der Waals surface area contributed by atoms with E-state index >= 15 is 0 Å². The second kappa shape index (κ2) is 7.03. The highest BCUT2D eigenvalue weighted by Crippen LogP contribution is 2.35. The summed E-state index contributed by atoms with van der Waals surface area (Å²) in [6, 6.07) is 0. The molecule has 2 aliphatic carbocycles. The molecule has 4 nitrogen and oxygen atoms in total. The first-order valence-electron chi connectivity index (χ1n) is 7.59. The van der Waals surface area contributed by atoms with Crippen molar-refractivity contribution in [2.45, 2.75) is 25.9 Å². The molecular weight excluding hydrogens is 357 g/mol. The SMILES string of the molecule is CCS(=O)(=O)C1=CC=C(C2C=CC(C(F)(F)F)=CC2)CC=C1C(=O)O. The maximum absolute atomic E-state index is 12.7. The monoisotopic (exact) mass is 374 g/mol. The smallest absolute Gasteiger partial charge is 0.416 e. The van der Waals surface area contributed by atoms with E-state index in [0.717, 1.165) is 12.2 Å². The fourth-order valence-corrected chi connectivity index (χ4v) is 3.75. The molecule has 0 heterocycles. The van der Waals surface area contributed by atoms with Crippen molar-refractivity contribution in [2.24, 2.45) is 5.92 Å². The van der Waals surface area contributed by atoms with Crippen LogP contribution in [0.2, 0.25) is 0 Å². The molecule has 136 valence electrons. The van der Waals surface area contributed by atoms with Gasteiger partial charge in [0.15, 0.2) is 9.84 Å². The molecule has 1 N–H and O–H groups in total. The minimum atomic E-state index is -4.40. The molecule has 0 bridgehead atoms. The minimum Gasteiger partial charge on any atom is -0.478 e. The number of hydrogen-bond acceptors (Lipinski definition) is 3. The summed E-state index contributed by atoms with van der Waals surface area (Å²) in [7, 11) is -3.73. The molecule has 0 saturated heterocycles. The molecule has 0 saturated carbocycles. The Bertz CT molecular complexity index is 824. The number of halogens is 3. The van der Waals surface area contributed by atoms with Crippen molar-refractivity contribution in [2.75, 3.05) is 5.75 Å². The van der Waals surface area contributed by atoms with Crippen molar-refractivity contribution >= 4 is 15.8 Å². The normalized spacial score (nSPS) is 21.7. The van der Waals surface area contributed by atoms with Crippen molar-refractivity contribution in [3.05, 3.63) is 58.1 Å². The van der Waals surface area contributed by atoms with Crippen molar-refractivity contribution < 1.29 is 31.5 Å². The number of aliphatic carboxylic acids is 1. The lowest BCUT2D eigenvalue weighted by atomic mass is 9.88. The predicted molar refractivity (Wildman–Crippen MR) is 87.3 cm³/mol. The van der Waals surface area contributed by atoms with Crippen LogP contribution in [0.4, 0.5) is 13.2 Å². The van der Waals surface area contributed by atoms with E-state index in [1.54, 1.807) is 0 Å². The summed E-state index contributed by atoms with van der Waals surface area (Å²) in [6.45, 7) is 1.42. The Morgan fingerprint density at radius 1 is 1.28 bits per heavy atom. The van der Waals surface area contributed by atoms with Gasteiger partial charge < -0.3 is 5.11 Å². The van der Waals surface area contributed by atoms with E-state index in [1.807, 2.05) is 0 Å². The Balaban J connectivity index is 2.34. The van der Waals surface area contributed by atoms with E-state index in [4.69, 9.17) is 0 Å². The quantitative estimate of drug-likeness (QED) is 0.814. The zero-order valence-corrected chi connectivity index (χ0v) is 14.2. The first-order chi connectivity index (χ1) is 11.6. The zero-order valence-electron chi connectivity index (χ0n) is 13.4.